The molecule has 0 spiro atoms. The van der Waals surface area contributed by atoms with E-state index < -0.39 is 0 Å². The molecule has 0 atom stereocenters. The fourth-order valence-corrected chi connectivity index (χ4v) is 1.59. The first-order valence-corrected chi connectivity index (χ1v) is 4.79. The molecule has 0 aliphatic carbocycles. The fraction of sp³-hybridized carbons (Fsp3) is 0.500. The van der Waals surface area contributed by atoms with Crippen molar-refractivity contribution in [3.05, 3.63) is 11.0 Å². The van der Waals surface area contributed by atoms with Crippen molar-refractivity contribution in [2.75, 3.05) is 0 Å². The number of imide groups is 1. The van der Waals surface area contributed by atoms with E-state index in [1.165, 1.54) is 0 Å². The van der Waals surface area contributed by atoms with Gasteiger partial charge in [-0.1, -0.05) is 25.8 Å². The van der Waals surface area contributed by atoms with E-state index in [1.807, 2.05) is 6.08 Å². The number of rotatable bonds is 3. The topological polar surface area (TPSA) is 46.2 Å². The molecule has 1 aliphatic rings. The summed E-state index contributed by atoms with van der Waals surface area (Å²) in [6.07, 6.45) is 4.86. The predicted molar refractivity (Wildman–Crippen MR) is 48.7 cm³/mol. The molecule has 0 aromatic rings. The lowest BCUT2D eigenvalue weighted by molar-refractivity contribution is -0.115. The number of thioether (sulfide) groups is 1. The van der Waals surface area contributed by atoms with Crippen LogP contribution in [0.5, 0.6) is 0 Å². The molecule has 12 heavy (non-hydrogen) atoms. The summed E-state index contributed by atoms with van der Waals surface area (Å²) in [6, 6.07) is 0. The second-order valence-corrected chi connectivity index (χ2v) is 3.57. The molecule has 3 nitrogen and oxygen atoms in total. The average Bonchev–Trinajstić information content (AvgIpc) is 2.31. The van der Waals surface area contributed by atoms with Crippen molar-refractivity contribution < 1.29 is 9.59 Å². The monoisotopic (exact) mass is 185 g/mol. The number of nitrogens with one attached hydrogen (secondary N) is 1. The van der Waals surface area contributed by atoms with Crippen molar-refractivity contribution in [1.82, 2.24) is 5.32 Å². The van der Waals surface area contributed by atoms with Gasteiger partial charge in [0.05, 0.1) is 4.91 Å². The third-order valence-electron chi connectivity index (χ3n) is 1.53. The molecule has 66 valence electrons. The van der Waals surface area contributed by atoms with Gasteiger partial charge in [-0.15, -0.1) is 0 Å². The lowest BCUT2D eigenvalue weighted by atomic mass is 10.2. The first kappa shape index (κ1) is 9.32. The fourth-order valence-electron chi connectivity index (χ4n) is 0.898. The predicted octanol–water partition coefficient (Wildman–Crippen LogP) is 2.04. The van der Waals surface area contributed by atoms with E-state index >= 15 is 0 Å². The highest BCUT2D eigenvalue weighted by atomic mass is 32.2. The maximum Gasteiger partial charge on any atom is 0.290 e. The summed E-state index contributed by atoms with van der Waals surface area (Å²) in [5.74, 6) is -0.249. The van der Waals surface area contributed by atoms with E-state index in [0.717, 1.165) is 31.0 Å². The van der Waals surface area contributed by atoms with E-state index in [1.54, 1.807) is 0 Å². The smallest absolute Gasteiger partial charge is 0.282 e. The highest BCUT2D eigenvalue weighted by molar-refractivity contribution is 8.18. The molecule has 1 aliphatic heterocycles. The molecular weight excluding hydrogens is 174 g/mol. The zero-order chi connectivity index (χ0) is 8.97. The van der Waals surface area contributed by atoms with Gasteiger partial charge in [-0.3, -0.25) is 14.9 Å². The van der Waals surface area contributed by atoms with Crippen LogP contribution in [0.15, 0.2) is 11.0 Å². The number of unbranched alkanes of at least 4 members (excludes halogenated alkanes) is 2. The quantitative estimate of drug-likeness (QED) is 0.540. The molecule has 4 heteroatoms. The number of hydrogen-bond donors (Lipinski definition) is 1. The zero-order valence-electron chi connectivity index (χ0n) is 6.92. The van der Waals surface area contributed by atoms with Gasteiger partial charge in [0, 0.05) is 0 Å². The molecule has 0 saturated carbocycles. The molecule has 1 heterocycles. The summed E-state index contributed by atoms with van der Waals surface area (Å²) in [5, 5.41) is 1.95. The summed E-state index contributed by atoms with van der Waals surface area (Å²) in [5.41, 5.74) is 0. The van der Waals surface area contributed by atoms with Crippen molar-refractivity contribution >= 4 is 22.9 Å². The number of hydrogen-bond acceptors (Lipinski definition) is 3. The molecule has 0 bridgehead atoms. The van der Waals surface area contributed by atoms with Crippen molar-refractivity contribution in [2.24, 2.45) is 0 Å². The van der Waals surface area contributed by atoms with Crippen molar-refractivity contribution in [1.29, 1.82) is 0 Å². The second kappa shape index (κ2) is 4.30. The molecule has 1 N–H and O–H groups in total. The molecule has 1 saturated heterocycles. The van der Waals surface area contributed by atoms with E-state index in [0.29, 0.717) is 4.91 Å². The molecule has 2 amide bonds. The van der Waals surface area contributed by atoms with Gasteiger partial charge in [-0.25, -0.2) is 0 Å². The Morgan fingerprint density at radius 2 is 2.25 bits per heavy atom. The van der Waals surface area contributed by atoms with Crippen LogP contribution in [0, 0.1) is 0 Å². The summed E-state index contributed by atoms with van der Waals surface area (Å²) in [4.78, 5) is 22.2. The van der Waals surface area contributed by atoms with Gasteiger partial charge in [0.1, 0.15) is 0 Å². The number of carbonyl (C=O) groups excluding carboxylic acids is 2. The minimum absolute atomic E-state index is 0.249. The third-order valence-corrected chi connectivity index (χ3v) is 2.39. The Balaban J connectivity index is 2.46. The summed E-state index contributed by atoms with van der Waals surface area (Å²) >= 11 is 0.986. The average molecular weight is 185 g/mol. The van der Waals surface area contributed by atoms with Gasteiger partial charge in [-0.05, 0) is 18.2 Å². The van der Waals surface area contributed by atoms with Crippen LogP contribution in [-0.4, -0.2) is 11.1 Å². The van der Waals surface area contributed by atoms with Crippen LogP contribution < -0.4 is 5.32 Å². The lowest BCUT2D eigenvalue weighted by Gasteiger charge is -1.90. The van der Waals surface area contributed by atoms with E-state index in [-0.39, 0.29) is 11.1 Å². The van der Waals surface area contributed by atoms with Gasteiger partial charge in [0.2, 0.25) is 0 Å². The molecule has 1 rings (SSSR count). The van der Waals surface area contributed by atoms with Crippen molar-refractivity contribution in [3.63, 3.8) is 0 Å². The molecule has 0 aromatic carbocycles. The maximum absolute atomic E-state index is 11.0. The van der Waals surface area contributed by atoms with E-state index in [4.69, 9.17) is 0 Å². The summed E-state index contributed by atoms with van der Waals surface area (Å²) in [6.45, 7) is 2.09. The molecule has 0 radical (unpaired) electrons. The van der Waals surface area contributed by atoms with Gasteiger partial charge in [0.25, 0.3) is 11.1 Å². The first-order valence-electron chi connectivity index (χ1n) is 3.97. The van der Waals surface area contributed by atoms with Crippen LogP contribution in [0.25, 0.3) is 0 Å². The van der Waals surface area contributed by atoms with Crippen LogP contribution in [0.3, 0.4) is 0 Å². The standard InChI is InChI=1S/C8H11NO2S/c1-2-3-4-5-6-7(10)9-8(11)12-6/h5H,2-4H2,1H3,(H,9,10,11). The largest absolute Gasteiger partial charge is 0.290 e. The normalized spacial score (nSPS) is 20.2. The maximum atomic E-state index is 11.0. The van der Waals surface area contributed by atoms with Crippen LogP contribution in [0.1, 0.15) is 26.2 Å². The molecular formula is C8H11NO2S. The number of carbonyl (C=O) groups is 2. The number of amides is 2. The Morgan fingerprint density at radius 3 is 2.75 bits per heavy atom. The van der Waals surface area contributed by atoms with Gasteiger partial charge in [0.15, 0.2) is 0 Å². The third kappa shape index (κ3) is 2.37. The highest BCUT2D eigenvalue weighted by Crippen LogP contribution is 2.23. The van der Waals surface area contributed by atoms with Crippen LogP contribution in [0.2, 0.25) is 0 Å². The van der Waals surface area contributed by atoms with E-state index in [2.05, 4.69) is 12.2 Å². The van der Waals surface area contributed by atoms with Gasteiger partial charge < -0.3 is 0 Å². The zero-order valence-corrected chi connectivity index (χ0v) is 7.74. The van der Waals surface area contributed by atoms with E-state index in [9.17, 15) is 9.59 Å². The molecule has 0 aromatic heterocycles. The minimum Gasteiger partial charge on any atom is -0.282 e. The van der Waals surface area contributed by atoms with Crippen LogP contribution in [0.4, 0.5) is 4.79 Å². The SMILES string of the molecule is CCCCC=C1SC(=O)NC1=O. The van der Waals surface area contributed by atoms with Crippen molar-refractivity contribution in [2.45, 2.75) is 26.2 Å². The lowest BCUT2D eigenvalue weighted by Crippen LogP contribution is -2.17. The van der Waals surface area contributed by atoms with Crippen LogP contribution in [-0.2, 0) is 4.79 Å². The second-order valence-electron chi connectivity index (χ2n) is 2.55. The number of allylic oxidation sites excluding steroid dienone is 1. The minimum atomic E-state index is -0.261. The Hall–Kier alpha value is -0.770. The summed E-state index contributed by atoms with van der Waals surface area (Å²) < 4.78 is 0. The Morgan fingerprint density at radius 1 is 1.50 bits per heavy atom. The Bertz CT molecular complexity index is 235. The highest BCUT2D eigenvalue weighted by Gasteiger charge is 2.24. The Kier molecular flexibility index (Phi) is 3.34. The van der Waals surface area contributed by atoms with Crippen LogP contribution >= 0.6 is 11.8 Å². The van der Waals surface area contributed by atoms with Crippen molar-refractivity contribution in [3.8, 4) is 0 Å². The molecule has 0 unspecified atom stereocenters. The molecule has 1 fully saturated rings. The van der Waals surface area contributed by atoms with Gasteiger partial charge >= 0.3 is 0 Å². The Labute approximate surface area is 75.6 Å². The van der Waals surface area contributed by atoms with Gasteiger partial charge in [-0.2, -0.15) is 0 Å². The first-order chi connectivity index (χ1) is 5.74. The summed E-state index contributed by atoms with van der Waals surface area (Å²) in [7, 11) is 0.